The number of thiophene rings is 1. The van der Waals surface area contributed by atoms with Crippen LogP contribution in [0.1, 0.15) is 70.5 Å². The summed E-state index contributed by atoms with van der Waals surface area (Å²) in [7, 11) is 0. The maximum Gasteiger partial charge on any atom is 0.251 e. The molecule has 0 fully saturated rings. The molecule has 1 aliphatic rings. The molecular weight excluding hydrogens is 516 g/mol. The highest BCUT2D eigenvalue weighted by Gasteiger charge is 2.27. The first kappa shape index (κ1) is 27.6. The lowest BCUT2D eigenvalue weighted by molar-refractivity contribution is -0.113. The summed E-state index contributed by atoms with van der Waals surface area (Å²) in [4.78, 5) is 27.1. The second-order valence-electron chi connectivity index (χ2n) is 9.67. The summed E-state index contributed by atoms with van der Waals surface area (Å²) in [5.41, 5.74) is 3.29. The van der Waals surface area contributed by atoms with Crippen LogP contribution >= 0.6 is 23.1 Å². The first-order valence-corrected chi connectivity index (χ1v) is 14.5. The normalized spacial score (nSPS) is 13.4. The van der Waals surface area contributed by atoms with Crippen LogP contribution in [0, 0.1) is 24.2 Å². The first-order chi connectivity index (χ1) is 18.3. The topological polar surface area (TPSA) is 113 Å². The van der Waals surface area contributed by atoms with Crippen LogP contribution in [0.25, 0.3) is 0 Å². The van der Waals surface area contributed by atoms with Gasteiger partial charge in [0.25, 0.3) is 5.91 Å². The van der Waals surface area contributed by atoms with Crippen molar-refractivity contribution in [1.82, 2.24) is 20.1 Å². The van der Waals surface area contributed by atoms with Crippen LogP contribution in [-0.4, -0.2) is 32.3 Å². The van der Waals surface area contributed by atoms with Crippen molar-refractivity contribution < 1.29 is 9.59 Å². The van der Waals surface area contributed by atoms with Gasteiger partial charge in [-0.2, -0.15) is 5.26 Å². The highest BCUT2D eigenvalue weighted by molar-refractivity contribution is 7.99. The number of thioether (sulfide) groups is 1. The Bertz CT molecular complexity index is 1380. The molecule has 10 heteroatoms. The summed E-state index contributed by atoms with van der Waals surface area (Å²) in [6.07, 6.45) is 5.79. The Morgan fingerprint density at radius 1 is 1.29 bits per heavy atom. The van der Waals surface area contributed by atoms with Gasteiger partial charge in [-0.1, -0.05) is 49.4 Å². The van der Waals surface area contributed by atoms with Gasteiger partial charge in [0.1, 0.15) is 11.1 Å². The van der Waals surface area contributed by atoms with Gasteiger partial charge in [-0.3, -0.25) is 9.59 Å². The smallest absolute Gasteiger partial charge is 0.251 e. The fourth-order valence-corrected chi connectivity index (χ4v) is 6.55. The molecule has 1 atom stereocenters. The summed E-state index contributed by atoms with van der Waals surface area (Å²) >= 11 is 2.78. The molecule has 2 aromatic heterocycles. The molecule has 1 aromatic carbocycles. The fraction of sp³-hybridized carbons (Fsp3) is 0.393. The molecule has 4 rings (SSSR count). The lowest BCUT2D eigenvalue weighted by atomic mass is 9.96. The van der Waals surface area contributed by atoms with Gasteiger partial charge in [0, 0.05) is 17.0 Å². The third-order valence-electron chi connectivity index (χ3n) is 6.44. The van der Waals surface area contributed by atoms with Gasteiger partial charge in [0.05, 0.1) is 17.4 Å². The van der Waals surface area contributed by atoms with E-state index >= 15 is 0 Å². The van der Waals surface area contributed by atoms with E-state index < -0.39 is 0 Å². The van der Waals surface area contributed by atoms with Crippen LogP contribution in [0.15, 0.2) is 42.1 Å². The second kappa shape index (κ2) is 12.4. The molecule has 0 bridgehead atoms. The number of hydrogen-bond donors (Lipinski definition) is 2. The van der Waals surface area contributed by atoms with E-state index in [-0.39, 0.29) is 29.5 Å². The number of fused-ring (bicyclic) bond motifs is 1. The molecule has 0 spiro atoms. The van der Waals surface area contributed by atoms with Gasteiger partial charge in [-0.25, -0.2) is 0 Å². The number of hydrogen-bond acceptors (Lipinski definition) is 7. The third-order valence-corrected chi connectivity index (χ3v) is 8.61. The van der Waals surface area contributed by atoms with E-state index in [2.05, 4.69) is 33.5 Å². The molecule has 2 heterocycles. The summed E-state index contributed by atoms with van der Waals surface area (Å²) in [6, 6.07) is 9.35. The van der Waals surface area contributed by atoms with Crippen molar-refractivity contribution >= 4 is 39.9 Å². The van der Waals surface area contributed by atoms with E-state index in [0.717, 1.165) is 36.8 Å². The van der Waals surface area contributed by atoms with E-state index in [1.54, 1.807) is 12.1 Å². The molecule has 0 saturated carbocycles. The lowest BCUT2D eigenvalue weighted by Gasteiger charge is -2.22. The molecule has 198 valence electrons. The zero-order valence-electron chi connectivity index (χ0n) is 21.9. The largest absolute Gasteiger partial charge is 0.342 e. The van der Waals surface area contributed by atoms with Crippen molar-refractivity contribution in [3.63, 3.8) is 0 Å². The number of carbonyl (C=O) groups is 2. The minimum atomic E-state index is -0.380. The van der Waals surface area contributed by atoms with Crippen molar-refractivity contribution in [2.24, 2.45) is 5.92 Å². The molecule has 2 N–H and O–H groups in total. The molecule has 2 amide bonds. The van der Waals surface area contributed by atoms with Crippen LogP contribution < -0.4 is 10.6 Å². The Morgan fingerprint density at radius 3 is 2.79 bits per heavy atom. The predicted octanol–water partition coefficient (Wildman–Crippen LogP) is 5.44. The quantitative estimate of drug-likeness (QED) is 0.258. The average Bonchev–Trinajstić information content (AvgIpc) is 3.46. The zero-order valence-corrected chi connectivity index (χ0v) is 23.5. The highest BCUT2D eigenvalue weighted by Crippen LogP contribution is 2.37. The average molecular weight is 549 g/mol. The van der Waals surface area contributed by atoms with Gasteiger partial charge in [0.15, 0.2) is 11.0 Å². The minimum absolute atomic E-state index is 0.0481. The Hall–Kier alpha value is -3.42. The predicted molar refractivity (Wildman–Crippen MR) is 151 cm³/mol. The van der Waals surface area contributed by atoms with E-state index in [1.165, 1.54) is 28.0 Å². The van der Waals surface area contributed by atoms with Crippen LogP contribution in [0.5, 0.6) is 0 Å². The maximum atomic E-state index is 13.0. The minimum Gasteiger partial charge on any atom is -0.342 e. The van der Waals surface area contributed by atoms with E-state index in [9.17, 15) is 14.9 Å². The summed E-state index contributed by atoms with van der Waals surface area (Å²) in [5.74, 6) is 0.396. The number of nitrogens with zero attached hydrogens (tertiary/aromatic N) is 4. The number of nitrogens with one attached hydrogen (secondary N) is 2. The molecule has 0 saturated heterocycles. The standard InChI is InChI=1S/C28H32N6O2S2/c1-5-13-34-25(24(17(2)3)31-26(36)19-10-8-9-18(4)14-19)32-33-28(34)37-16-23(35)30-27-21(15-29)20-11-6-7-12-22(20)38-27/h5,8-10,14,17,24H,1,6-7,11-13,16H2,2-4H3,(H,30,35)(H,31,36)/t24-/m1/s1. The number of aryl methyl sites for hydroxylation is 2. The van der Waals surface area contributed by atoms with Gasteiger partial charge >= 0.3 is 0 Å². The van der Waals surface area contributed by atoms with Gasteiger partial charge in [-0.15, -0.1) is 28.1 Å². The maximum absolute atomic E-state index is 13.0. The molecular formula is C28H32N6O2S2. The Labute approximate surface area is 231 Å². The zero-order chi connectivity index (χ0) is 27.2. The molecule has 0 unspecified atom stereocenters. The Balaban J connectivity index is 1.48. The fourth-order valence-electron chi connectivity index (χ4n) is 4.54. The number of aromatic nitrogens is 3. The van der Waals surface area contributed by atoms with Gasteiger partial charge < -0.3 is 15.2 Å². The van der Waals surface area contributed by atoms with Crippen molar-refractivity contribution in [2.75, 3.05) is 11.1 Å². The number of nitriles is 1. The SMILES string of the molecule is C=CCn1c(SCC(=O)Nc2sc3c(c2C#N)CCCC3)nnc1[C@H](NC(=O)c1cccc(C)c1)C(C)C. The van der Waals surface area contributed by atoms with Crippen molar-refractivity contribution in [3.8, 4) is 6.07 Å². The second-order valence-corrected chi connectivity index (χ2v) is 11.7. The highest BCUT2D eigenvalue weighted by atomic mass is 32.2. The Kier molecular flexibility index (Phi) is 9.02. The molecule has 0 radical (unpaired) electrons. The molecule has 38 heavy (non-hydrogen) atoms. The van der Waals surface area contributed by atoms with Crippen molar-refractivity contribution in [2.45, 2.75) is 64.2 Å². The number of rotatable bonds is 10. The van der Waals surface area contributed by atoms with Crippen LogP contribution in [0.2, 0.25) is 0 Å². The monoisotopic (exact) mass is 548 g/mol. The van der Waals surface area contributed by atoms with E-state index in [1.807, 2.05) is 43.5 Å². The molecule has 0 aliphatic heterocycles. The van der Waals surface area contributed by atoms with Crippen molar-refractivity contribution in [1.29, 1.82) is 5.26 Å². The Morgan fingerprint density at radius 2 is 2.08 bits per heavy atom. The first-order valence-electron chi connectivity index (χ1n) is 12.7. The lowest BCUT2D eigenvalue weighted by Crippen LogP contribution is -2.34. The summed E-state index contributed by atoms with van der Waals surface area (Å²) < 4.78 is 1.89. The molecule has 1 aliphatic carbocycles. The van der Waals surface area contributed by atoms with Gasteiger partial charge in [0.2, 0.25) is 5.91 Å². The number of amides is 2. The number of benzene rings is 1. The number of anilines is 1. The summed E-state index contributed by atoms with van der Waals surface area (Å²) in [5, 5.41) is 25.7. The van der Waals surface area contributed by atoms with Crippen LogP contribution in [0.4, 0.5) is 5.00 Å². The third kappa shape index (κ3) is 6.17. The van der Waals surface area contributed by atoms with Crippen LogP contribution in [-0.2, 0) is 24.2 Å². The van der Waals surface area contributed by atoms with Gasteiger partial charge in [-0.05, 0) is 56.2 Å². The molecule has 3 aromatic rings. The number of carbonyl (C=O) groups excluding carboxylic acids is 2. The van der Waals surface area contributed by atoms with Crippen molar-refractivity contribution in [3.05, 3.63) is 69.9 Å². The van der Waals surface area contributed by atoms with E-state index in [0.29, 0.717) is 33.7 Å². The summed E-state index contributed by atoms with van der Waals surface area (Å²) in [6.45, 7) is 10.3. The molecule has 8 nitrogen and oxygen atoms in total. The van der Waals surface area contributed by atoms with E-state index in [4.69, 9.17) is 0 Å². The number of allylic oxidation sites excluding steroid dienone is 1. The van der Waals surface area contributed by atoms with Crippen LogP contribution in [0.3, 0.4) is 0 Å².